The maximum Gasteiger partial charge on any atom is 0.410 e. The zero-order valence-corrected chi connectivity index (χ0v) is 24.5. The van der Waals surface area contributed by atoms with Gasteiger partial charge in [-0.15, -0.1) is 0 Å². The van der Waals surface area contributed by atoms with Crippen molar-refractivity contribution in [3.8, 4) is 0 Å². The molecular formula is C31H41N3O7. The number of rotatable bonds is 10. The van der Waals surface area contributed by atoms with Crippen LogP contribution in [0.25, 0.3) is 0 Å². The van der Waals surface area contributed by atoms with E-state index >= 15 is 0 Å². The zero-order chi connectivity index (χ0) is 30.2. The van der Waals surface area contributed by atoms with Crippen LogP contribution in [0, 0.1) is 5.41 Å². The molecule has 0 bridgehead atoms. The summed E-state index contributed by atoms with van der Waals surface area (Å²) in [5.41, 5.74) is -0.679. The minimum Gasteiger partial charge on any atom is -0.478 e. The van der Waals surface area contributed by atoms with Gasteiger partial charge in [-0.05, 0) is 56.8 Å². The van der Waals surface area contributed by atoms with E-state index in [-0.39, 0.29) is 23.8 Å². The molecule has 0 saturated carbocycles. The molecule has 2 aromatic rings. The van der Waals surface area contributed by atoms with Gasteiger partial charge in [0.15, 0.2) is 0 Å². The van der Waals surface area contributed by atoms with Gasteiger partial charge in [0.2, 0.25) is 0 Å². The summed E-state index contributed by atoms with van der Waals surface area (Å²) in [7, 11) is 0. The van der Waals surface area contributed by atoms with Crippen LogP contribution in [0.3, 0.4) is 0 Å². The molecule has 1 unspecified atom stereocenters. The number of benzene rings is 2. The second kappa shape index (κ2) is 13.6. The summed E-state index contributed by atoms with van der Waals surface area (Å²) in [4.78, 5) is 54.7. The van der Waals surface area contributed by atoms with Crippen molar-refractivity contribution in [1.29, 1.82) is 0 Å². The van der Waals surface area contributed by atoms with Gasteiger partial charge < -0.3 is 24.8 Å². The van der Waals surface area contributed by atoms with Crippen molar-refractivity contribution < 1.29 is 33.8 Å². The Balaban J connectivity index is 1.69. The molecule has 1 aliphatic heterocycles. The maximum absolute atomic E-state index is 13.4. The Bertz CT molecular complexity index is 1220. The highest BCUT2D eigenvalue weighted by Crippen LogP contribution is 2.28. The Morgan fingerprint density at radius 2 is 1.46 bits per heavy atom. The number of nitrogens with one attached hydrogen (secondary N) is 1. The molecule has 41 heavy (non-hydrogen) atoms. The van der Waals surface area contributed by atoms with E-state index in [0.717, 1.165) is 5.56 Å². The number of esters is 1. The molecule has 1 atom stereocenters. The number of carbonyl (C=O) groups excluding carboxylic acids is 3. The molecule has 2 amide bonds. The monoisotopic (exact) mass is 567 g/mol. The molecule has 10 heteroatoms. The number of amides is 2. The standard InChI is InChI=1S/C31H41N3O7/c1-30(2,3)41-29(39)34-19-17-33(18-20-34)16-15-31(4,5)25(28(38)40-21-22-11-7-6-8-12-22)32-26(35)23-13-9-10-14-24(23)27(36)37/h6-14,25H,15-21H2,1-5H3,(H,32,35)(H,36,37). The second-order valence-corrected chi connectivity index (χ2v) is 11.9. The van der Waals surface area contributed by atoms with Gasteiger partial charge in [-0.2, -0.15) is 0 Å². The van der Waals surface area contributed by atoms with Gasteiger partial charge in [0.1, 0.15) is 18.2 Å². The Morgan fingerprint density at radius 3 is 2.05 bits per heavy atom. The van der Waals surface area contributed by atoms with Gasteiger partial charge in [-0.25, -0.2) is 14.4 Å². The third-order valence-corrected chi connectivity index (χ3v) is 7.01. The van der Waals surface area contributed by atoms with Crippen molar-refractivity contribution in [2.24, 2.45) is 5.41 Å². The van der Waals surface area contributed by atoms with Crippen molar-refractivity contribution in [1.82, 2.24) is 15.1 Å². The van der Waals surface area contributed by atoms with Crippen molar-refractivity contribution in [2.75, 3.05) is 32.7 Å². The minimum absolute atomic E-state index is 0.0325. The van der Waals surface area contributed by atoms with Gasteiger partial charge in [0.25, 0.3) is 5.91 Å². The predicted octanol–water partition coefficient (Wildman–Crippen LogP) is 4.20. The first-order chi connectivity index (χ1) is 19.3. The van der Waals surface area contributed by atoms with E-state index in [2.05, 4.69) is 10.2 Å². The first-order valence-electron chi connectivity index (χ1n) is 13.8. The fourth-order valence-corrected chi connectivity index (χ4v) is 4.53. The van der Waals surface area contributed by atoms with Crippen molar-refractivity contribution in [3.63, 3.8) is 0 Å². The van der Waals surface area contributed by atoms with Gasteiger partial charge in [0, 0.05) is 26.2 Å². The number of nitrogens with zero attached hydrogens (tertiary/aromatic N) is 2. The average molecular weight is 568 g/mol. The lowest BCUT2D eigenvalue weighted by molar-refractivity contribution is -0.150. The molecule has 1 aliphatic rings. The Labute approximate surface area is 241 Å². The molecule has 0 spiro atoms. The van der Waals surface area contributed by atoms with Gasteiger partial charge in [0.05, 0.1) is 11.1 Å². The Morgan fingerprint density at radius 1 is 0.878 bits per heavy atom. The first-order valence-corrected chi connectivity index (χ1v) is 13.8. The molecule has 3 rings (SSSR count). The van der Waals surface area contributed by atoms with E-state index in [0.29, 0.717) is 39.1 Å². The number of piperazine rings is 1. The summed E-state index contributed by atoms with van der Waals surface area (Å²) in [6, 6.07) is 14.1. The van der Waals surface area contributed by atoms with Crippen LogP contribution in [-0.2, 0) is 20.9 Å². The molecule has 1 fully saturated rings. The van der Waals surface area contributed by atoms with Crippen molar-refractivity contribution in [3.05, 3.63) is 71.3 Å². The summed E-state index contributed by atoms with van der Waals surface area (Å²) in [6.45, 7) is 12.3. The van der Waals surface area contributed by atoms with E-state index in [1.807, 2.05) is 65.0 Å². The molecule has 0 aliphatic carbocycles. The number of aromatic carboxylic acids is 1. The molecule has 2 aromatic carbocycles. The molecule has 10 nitrogen and oxygen atoms in total. The molecular weight excluding hydrogens is 526 g/mol. The average Bonchev–Trinajstić information content (AvgIpc) is 2.93. The lowest BCUT2D eigenvalue weighted by Gasteiger charge is -2.38. The fraction of sp³-hybridized carbons (Fsp3) is 0.484. The van der Waals surface area contributed by atoms with Crippen LogP contribution < -0.4 is 5.32 Å². The third-order valence-electron chi connectivity index (χ3n) is 7.01. The molecule has 2 N–H and O–H groups in total. The van der Waals surface area contributed by atoms with Crippen molar-refractivity contribution >= 4 is 23.9 Å². The molecule has 222 valence electrons. The van der Waals surface area contributed by atoms with Crippen LogP contribution in [0.2, 0.25) is 0 Å². The van der Waals surface area contributed by atoms with Gasteiger partial charge >= 0.3 is 18.0 Å². The smallest absolute Gasteiger partial charge is 0.410 e. The fourth-order valence-electron chi connectivity index (χ4n) is 4.53. The Kier molecular flexibility index (Phi) is 10.5. The molecule has 1 heterocycles. The van der Waals surface area contributed by atoms with Crippen LogP contribution in [-0.4, -0.2) is 83.2 Å². The van der Waals surface area contributed by atoms with Crippen molar-refractivity contribution in [2.45, 2.75) is 59.3 Å². The van der Waals surface area contributed by atoms with E-state index < -0.39 is 34.9 Å². The summed E-state index contributed by atoms with van der Waals surface area (Å²) < 4.78 is 11.1. The van der Waals surface area contributed by atoms with Crippen LogP contribution in [0.1, 0.15) is 67.3 Å². The summed E-state index contributed by atoms with van der Waals surface area (Å²) in [5.74, 6) is -2.50. The number of carbonyl (C=O) groups is 4. The van der Waals surface area contributed by atoms with Crippen LogP contribution in [0.4, 0.5) is 4.79 Å². The maximum atomic E-state index is 13.4. The SMILES string of the molecule is CC(C)(C)OC(=O)N1CCN(CCC(C)(C)C(NC(=O)c2ccccc2C(=O)O)C(=O)OCc2ccccc2)CC1. The quantitative estimate of drug-likeness (QED) is 0.410. The van der Waals surface area contributed by atoms with Gasteiger partial charge in [-0.1, -0.05) is 56.3 Å². The topological polar surface area (TPSA) is 125 Å². The summed E-state index contributed by atoms with van der Waals surface area (Å²) in [6.07, 6.45) is 0.203. The lowest BCUT2D eigenvalue weighted by Crippen LogP contribution is -2.53. The predicted molar refractivity (Wildman–Crippen MR) is 154 cm³/mol. The first kappa shape index (κ1) is 31.6. The number of carboxylic acids is 1. The minimum atomic E-state index is -1.23. The van der Waals surface area contributed by atoms with Crippen LogP contribution >= 0.6 is 0 Å². The highest BCUT2D eigenvalue weighted by molar-refractivity contribution is 6.05. The van der Waals surface area contributed by atoms with E-state index in [4.69, 9.17) is 9.47 Å². The largest absolute Gasteiger partial charge is 0.478 e. The van der Waals surface area contributed by atoms with Crippen LogP contribution in [0.15, 0.2) is 54.6 Å². The summed E-state index contributed by atoms with van der Waals surface area (Å²) >= 11 is 0. The second-order valence-electron chi connectivity index (χ2n) is 11.9. The molecule has 1 saturated heterocycles. The third kappa shape index (κ3) is 9.31. The number of ether oxygens (including phenoxy) is 2. The lowest BCUT2D eigenvalue weighted by atomic mass is 9.80. The highest BCUT2D eigenvalue weighted by atomic mass is 16.6. The van der Waals surface area contributed by atoms with E-state index in [1.165, 1.54) is 12.1 Å². The zero-order valence-electron chi connectivity index (χ0n) is 24.5. The molecule has 0 aromatic heterocycles. The molecule has 0 radical (unpaired) electrons. The van der Waals surface area contributed by atoms with Gasteiger partial charge in [-0.3, -0.25) is 9.69 Å². The number of hydrogen-bond acceptors (Lipinski definition) is 7. The number of hydrogen-bond donors (Lipinski definition) is 2. The van der Waals surface area contributed by atoms with E-state index in [1.54, 1.807) is 17.0 Å². The number of carboxylic acid groups (broad SMARTS) is 1. The normalized spacial score (nSPS) is 15.1. The summed E-state index contributed by atoms with van der Waals surface area (Å²) in [5, 5.41) is 12.3. The highest BCUT2D eigenvalue weighted by Gasteiger charge is 2.39. The Hall–Kier alpha value is -3.92. The van der Waals surface area contributed by atoms with Crippen LogP contribution in [0.5, 0.6) is 0 Å². The van der Waals surface area contributed by atoms with E-state index in [9.17, 15) is 24.3 Å².